The molecule has 0 radical (unpaired) electrons. The molecule has 0 aliphatic carbocycles. The topological polar surface area (TPSA) is 84.2 Å². The van der Waals surface area contributed by atoms with Crippen LogP contribution in [0.25, 0.3) is 0 Å². The van der Waals surface area contributed by atoms with E-state index in [1.807, 2.05) is 0 Å². The highest BCUT2D eigenvalue weighted by Gasteiger charge is 2.12. The average Bonchev–Trinajstić information content (AvgIpc) is 2.45. The van der Waals surface area contributed by atoms with Gasteiger partial charge >= 0.3 is 0 Å². The zero-order chi connectivity index (χ0) is 15.0. The maximum absolute atomic E-state index is 12.0. The number of nitrogens with zero attached hydrogens (tertiary/aromatic N) is 2. The molecule has 0 saturated heterocycles. The molecule has 1 atom stereocenters. The molecule has 2 N–H and O–H groups in total. The summed E-state index contributed by atoms with van der Waals surface area (Å²) in [5.74, 6) is -0.0164. The van der Waals surface area contributed by atoms with Gasteiger partial charge in [-0.25, -0.2) is 4.68 Å². The first-order chi connectivity index (χ1) is 9.62. The Morgan fingerprint density at radius 3 is 2.75 bits per heavy atom. The van der Waals surface area contributed by atoms with E-state index in [9.17, 15) is 9.59 Å². The van der Waals surface area contributed by atoms with E-state index >= 15 is 0 Å². The fourth-order valence-corrected chi connectivity index (χ4v) is 2.06. The Kier molecular flexibility index (Phi) is 6.93. The molecule has 1 unspecified atom stereocenters. The minimum atomic E-state index is -0.286. The lowest BCUT2D eigenvalue weighted by Crippen LogP contribution is -2.32. The molecule has 0 aromatic carbocycles. The third-order valence-electron chi connectivity index (χ3n) is 3.18. The number of aryl methyl sites for hydroxylation is 1. The third-order valence-corrected chi connectivity index (χ3v) is 3.18. The maximum Gasteiger partial charge on any atom is 0.271 e. The summed E-state index contributed by atoms with van der Waals surface area (Å²) in [6, 6.07) is 2.79. The van der Waals surface area contributed by atoms with Crippen molar-refractivity contribution in [2.75, 3.05) is 13.2 Å². The number of amides is 1. The first-order valence-corrected chi connectivity index (χ1v) is 7.09. The second-order valence-corrected chi connectivity index (χ2v) is 4.75. The zero-order valence-corrected chi connectivity index (χ0v) is 12.1. The standard InChI is InChI=1S/C14H23N3O3/c1-3-5-11(8-9-18)10-15-14(20)12-6-7-13(19)17(4-2)16-12/h6-7,11,18H,3-5,8-10H2,1-2H3,(H,15,20). The van der Waals surface area contributed by atoms with Crippen LogP contribution < -0.4 is 10.9 Å². The number of aliphatic hydroxyl groups is 1. The normalized spacial score (nSPS) is 12.2. The third kappa shape index (κ3) is 4.77. The van der Waals surface area contributed by atoms with Crippen LogP contribution in [0.15, 0.2) is 16.9 Å². The predicted octanol–water partition coefficient (Wildman–Crippen LogP) is 0.792. The van der Waals surface area contributed by atoms with Crippen LogP contribution >= 0.6 is 0 Å². The van der Waals surface area contributed by atoms with Gasteiger partial charge in [0.25, 0.3) is 11.5 Å². The van der Waals surface area contributed by atoms with E-state index in [4.69, 9.17) is 5.11 Å². The van der Waals surface area contributed by atoms with Gasteiger partial charge in [-0.15, -0.1) is 0 Å². The van der Waals surface area contributed by atoms with Gasteiger partial charge in [0.1, 0.15) is 5.69 Å². The van der Waals surface area contributed by atoms with Crippen LogP contribution in [0.2, 0.25) is 0 Å². The summed E-state index contributed by atoms with van der Waals surface area (Å²) in [4.78, 5) is 23.4. The minimum absolute atomic E-state index is 0.125. The molecule has 0 bridgehead atoms. The molecule has 0 spiro atoms. The Hall–Kier alpha value is -1.69. The molecule has 0 fully saturated rings. The Morgan fingerprint density at radius 1 is 1.40 bits per heavy atom. The Balaban J connectivity index is 2.64. The number of aromatic nitrogens is 2. The highest BCUT2D eigenvalue weighted by atomic mass is 16.3. The van der Waals surface area contributed by atoms with Crippen LogP contribution in [0.5, 0.6) is 0 Å². The predicted molar refractivity (Wildman–Crippen MR) is 76.6 cm³/mol. The summed E-state index contributed by atoms with van der Waals surface area (Å²) >= 11 is 0. The highest BCUT2D eigenvalue weighted by Crippen LogP contribution is 2.09. The quantitative estimate of drug-likeness (QED) is 0.738. The number of carbonyl (C=O) groups excluding carboxylic acids is 1. The number of carbonyl (C=O) groups is 1. The first kappa shape index (κ1) is 16.4. The van der Waals surface area contributed by atoms with E-state index in [0.29, 0.717) is 19.5 Å². The highest BCUT2D eigenvalue weighted by molar-refractivity contribution is 5.91. The van der Waals surface area contributed by atoms with Gasteiger partial charge in [0.05, 0.1) is 0 Å². The van der Waals surface area contributed by atoms with Gasteiger partial charge in [-0.05, 0) is 31.7 Å². The van der Waals surface area contributed by atoms with E-state index in [-0.39, 0.29) is 29.7 Å². The second-order valence-electron chi connectivity index (χ2n) is 4.75. The molecule has 112 valence electrons. The lowest BCUT2D eigenvalue weighted by atomic mass is 10.0. The molecule has 1 heterocycles. The molecular formula is C14H23N3O3. The van der Waals surface area contributed by atoms with Gasteiger partial charge in [-0.2, -0.15) is 5.10 Å². The van der Waals surface area contributed by atoms with Crippen molar-refractivity contribution in [1.82, 2.24) is 15.1 Å². The van der Waals surface area contributed by atoms with E-state index in [0.717, 1.165) is 12.8 Å². The van der Waals surface area contributed by atoms with Crippen molar-refractivity contribution in [3.63, 3.8) is 0 Å². The molecule has 6 heteroatoms. The Bertz CT molecular complexity index is 479. The van der Waals surface area contributed by atoms with Crippen molar-refractivity contribution >= 4 is 5.91 Å². The van der Waals surface area contributed by atoms with Gasteiger partial charge in [0.2, 0.25) is 0 Å². The summed E-state index contributed by atoms with van der Waals surface area (Å²) < 4.78 is 1.26. The van der Waals surface area contributed by atoms with Crippen LogP contribution in [0.3, 0.4) is 0 Å². The van der Waals surface area contributed by atoms with Gasteiger partial charge in [0, 0.05) is 25.8 Å². The molecule has 1 aromatic heterocycles. The maximum atomic E-state index is 12.0. The van der Waals surface area contributed by atoms with E-state index in [1.54, 1.807) is 6.92 Å². The largest absolute Gasteiger partial charge is 0.396 e. The Labute approximate surface area is 118 Å². The molecular weight excluding hydrogens is 258 g/mol. The first-order valence-electron chi connectivity index (χ1n) is 7.09. The second kappa shape index (κ2) is 8.47. The number of rotatable bonds is 8. The van der Waals surface area contributed by atoms with Crippen molar-refractivity contribution < 1.29 is 9.90 Å². The smallest absolute Gasteiger partial charge is 0.271 e. The number of aliphatic hydroxyl groups excluding tert-OH is 1. The van der Waals surface area contributed by atoms with Gasteiger partial charge in [-0.1, -0.05) is 13.3 Å². The van der Waals surface area contributed by atoms with Crippen molar-refractivity contribution in [2.45, 2.75) is 39.7 Å². The SMILES string of the molecule is CCCC(CCO)CNC(=O)c1ccc(=O)n(CC)n1. The molecule has 1 amide bonds. The van der Waals surface area contributed by atoms with Crippen molar-refractivity contribution in [1.29, 1.82) is 0 Å². The lowest BCUT2D eigenvalue weighted by molar-refractivity contribution is 0.0935. The van der Waals surface area contributed by atoms with Crippen molar-refractivity contribution in [3.8, 4) is 0 Å². The van der Waals surface area contributed by atoms with E-state index < -0.39 is 0 Å². The van der Waals surface area contributed by atoms with Crippen molar-refractivity contribution in [3.05, 3.63) is 28.2 Å². The molecule has 20 heavy (non-hydrogen) atoms. The fourth-order valence-electron chi connectivity index (χ4n) is 2.06. The summed E-state index contributed by atoms with van der Waals surface area (Å²) in [7, 11) is 0. The molecule has 1 rings (SSSR count). The minimum Gasteiger partial charge on any atom is -0.396 e. The molecule has 0 aliphatic rings. The van der Waals surface area contributed by atoms with Crippen LogP contribution in [0.4, 0.5) is 0 Å². The van der Waals surface area contributed by atoms with E-state index in [2.05, 4.69) is 17.3 Å². The number of hydrogen-bond acceptors (Lipinski definition) is 4. The summed E-state index contributed by atoms with van der Waals surface area (Å²) in [5.41, 5.74) is 0.0267. The molecule has 1 aromatic rings. The lowest BCUT2D eigenvalue weighted by Gasteiger charge is -2.15. The van der Waals surface area contributed by atoms with Crippen LogP contribution in [-0.2, 0) is 6.54 Å². The van der Waals surface area contributed by atoms with Gasteiger partial charge in [0.15, 0.2) is 0 Å². The molecule has 0 saturated carbocycles. The van der Waals surface area contributed by atoms with Crippen LogP contribution in [-0.4, -0.2) is 33.9 Å². The number of nitrogens with one attached hydrogen (secondary N) is 1. The molecule has 0 aliphatic heterocycles. The molecule has 6 nitrogen and oxygen atoms in total. The fraction of sp³-hybridized carbons (Fsp3) is 0.643. The van der Waals surface area contributed by atoms with Crippen LogP contribution in [0.1, 0.15) is 43.6 Å². The summed E-state index contributed by atoms with van der Waals surface area (Å²) in [5, 5.41) is 15.8. The monoisotopic (exact) mass is 281 g/mol. The number of hydrogen-bond donors (Lipinski definition) is 2. The Morgan fingerprint density at radius 2 is 2.15 bits per heavy atom. The van der Waals surface area contributed by atoms with Gasteiger partial charge < -0.3 is 10.4 Å². The van der Waals surface area contributed by atoms with E-state index in [1.165, 1.54) is 16.8 Å². The summed E-state index contributed by atoms with van der Waals surface area (Å²) in [6.45, 7) is 4.95. The summed E-state index contributed by atoms with van der Waals surface area (Å²) in [6.07, 6.45) is 2.65. The van der Waals surface area contributed by atoms with Crippen molar-refractivity contribution in [2.24, 2.45) is 5.92 Å². The van der Waals surface area contributed by atoms with Crippen LogP contribution in [0, 0.1) is 5.92 Å². The average molecular weight is 281 g/mol. The van der Waals surface area contributed by atoms with Gasteiger partial charge in [-0.3, -0.25) is 9.59 Å². The zero-order valence-electron chi connectivity index (χ0n) is 12.1.